The van der Waals surface area contributed by atoms with Crippen LogP contribution >= 0.6 is 0 Å². The van der Waals surface area contributed by atoms with E-state index in [1.54, 1.807) is 0 Å². The molecule has 0 unspecified atom stereocenters. The quantitative estimate of drug-likeness (QED) is 0.725. The highest BCUT2D eigenvalue weighted by Gasteiger charge is 2.10. The van der Waals surface area contributed by atoms with Crippen LogP contribution in [0.2, 0.25) is 0 Å². The zero-order valence-electron chi connectivity index (χ0n) is 10.0. The smallest absolute Gasteiger partial charge is 0.308 e. The maximum Gasteiger partial charge on any atom is 0.308 e. The van der Waals surface area contributed by atoms with Gasteiger partial charge in [0.1, 0.15) is 6.10 Å². The molecule has 0 saturated carbocycles. The molecular weight excluding hydrogens is 200 g/mol. The summed E-state index contributed by atoms with van der Waals surface area (Å²) in [6, 6.07) is 9.94. The van der Waals surface area contributed by atoms with Crippen LogP contribution in [-0.4, -0.2) is 12.1 Å². The van der Waals surface area contributed by atoms with Crippen molar-refractivity contribution in [2.24, 2.45) is 5.92 Å². The van der Waals surface area contributed by atoms with Crippen molar-refractivity contribution in [3.63, 3.8) is 0 Å². The van der Waals surface area contributed by atoms with Crippen molar-refractivity contribution >= 4 is 12.0 Å². The molecule has 0 spiro atoms. The summed E-state index contributed by atoms with van der Waals surface area (Å²) in [5.41, 5.74) is 1.11. The number of hydrogen-bond donors (Lipinski definition) is 0. The van der Waals surface area contributed by atoms with Gasteiger partial charge in [-0.2, -0.15) is 0 Å². The van der Waals surface area contributed by atoms with Gasteiger partial charge in [0.2, 0.25) is 0 Å². The molecule has 0 radical (unpaired) electrons. The van der Waals surface area contributed by atoms with Gasteiger partial charge in [-0.3, -0.25) is 4.79 Å². The van der Waals surface area contributed by atoms with Crippen LogP contribution in [0.15, 0.2) is 36.4 Å². The fourth-order valence-electron chi connectivity index (χ4n) is 1.17. The maximum atomic E-state index is 11.3. The van der Waals surface area contributed by atoms with Gasteiger partial charge < -0.3 is 4.74 Å². The first-order chi connectivity index (χ1) is 7.59. The molecule has 1 atom stereocenters. The normalized spacial score (nSPS) is 13.0. The third kappa shape index (κ3) is 4.30. The Morgan fingerprint density at radius 2 is 1.81 bits per heavy atom. The van der Waals surface area contributed by atoms with Crippen molar-refractivity contribution in [1.29, 1.82) is 0 Å². The van der Waals surface area contributed by atoms with Crippen molar-refractivity contribution < 1.29 is 9.53 Å². The molecule has 0 fully saturated rings. The standard InChI is InChI=1S/C14H18O2/c1-11(2)14(15)16-12(3)9-10-13-7-5-4-6-8-13/h4-12H,1-3H3/b10-9-/t12-/m1/s1. The van der Waals surface area contributed by atoms with Crippen molar-refractivity contribution in [3.8, 4) is 0 Å². The van der Waals surface area contributed by atoms with Gasteiger partial charge in [-0.15, -0.1) is 0 Å². The van der Waals surface area contributed by atoms with Gasteiger partial charge in [-0.25, -0.2) is 0 Å². The van der Waals surface area contributed by atoms with Gasteiger partial charge in [0.15, 0.2) is 0 Å². The Labute approximate surface area is 96.9 Å². The minimum absolute atomic E-state index is 0.0763. The molecule has 0 aliphatic rings. The average Bonchev–Trinajstić information content (AvgIpc) is 2.27. The molecule has 1 rings (SSSR count). The number of ether oxygens (including phenoxy) is 1. The molecule has 1 aromatic carbocycles. The van der Waals surface area contributed by atoms with Gasteiger partial charge in [0, 0.05) is 0 Å². The van der Waals surface area contributed by atoms with Crippen LogP contribution in [0.5, 0.6) is 0 Å². The molecule has 0 N–H and O–H groups in total. The maximum absolute atomic E-state index is 11.3. The molecule has 2 nitrogen and oxygen atoms in total. The molecule has 2 heteroatoms. The van der Waals surface area contributed by atoms with E-state index in [1.807, 2.05) is 63.3 Å². The Morgan fingerprint density at radius 1 is 1.19 bits per heavy atom. The third-order valence-electron chi connectivity index (χ3n) is 2.13. The van der Waals surface area contributed by atoms with Crippen molar-refractivity contribution in [3.05, 3.63) is 42.0 Å². The molecule has 1 aromatic rings. The Morgan fingerprint density at radius 3 is 2.38 bits per heavy atom. The average molecular weight is 218 g/mol. The van der Waals surface area contributed by atoms with Gasteiger partial charge in [0.05, 0.1) is 5.92 Å². The van der Waals surface area contributed by atoms with Gasteiger partial charge in [-0.05, 0) is 18.6 Å². The van der Waals surface area contributed by atoms with Crippen LogP contribution < -0.4 is 0 Å². The van der Waals surface area contributed by atoms with Crippen LogP contribution in [0.1, 0.15) is 26.3 Å². The monoisotopic (exact) mass is 218 g/mol. The summed E-state index contributed by atoms with van der Waals surface area (Å²) in [5.74, 6) is -0.238. The topological polar surface area (TPSA) is 26.3 Å². The number of rotatable bonds is 4. The van der Waals surface area contributed by atoms with Crippen LogP contribution in [0.25, 0.3) is 6.08 Å². The Kier molecular flexibility index (Phi) is 4.77. The van der Waals surface area contributed by atoms with E-state index in [1.165, 1.54) is 0 Å². The SMILES string of the molecule is CC(C)C(=O)O[C@H](C)/C=C\c1ccccc1. The summed E-state index contributed by atoms with van der Waals surface area (Å²) in [5, 5.41) is 0. The zero-order valence-corrected chi connectivity index (χ0v) is 10.0. The minimum atomic E-state index is -0.185. The Hall–Kier alpha value is -1.57. The van der Waals surface area contributed by atoms with E-state index in [4.69, 9.17) is 4.74 Å². The molecule has 0 bridgehead atoms. The first kappa shape index (κ1) is 12.5. The molecule has 0 aromatic heterocycles. The number of carbonyl (C=O) groups is 1. The zero-order chi connectivity index (χ0) is 12.0. The van der Waals surface area contributed by atoms with E-state index in [-0.39, 0.29) is 18.0 Å². The molecular formula is C14H18O2. The molecule has 16 heavy (non-hydrogen) atoms. The highest BCUT2D eigenvalue weighted by atomic mass is 16.5. The van der Waals surface area contributed by atoms with Crippen molar-refractivity contribution in [2.75, 3.05) is 0 Å². The van der Waals surface area contributed by atoms with E-state index >= 15 is 0 Å². The fourth-order valence-corrected chi connectivity index (χ4v) is 1.17. The summed E-state index contributed by atoms with van der Waals surface area (Å²) in [6.07, 6.45) is 3.66. The minimum Gasteiger partial charge on any atom is -0.458 e. The highest BCUT2D eigenvalue weighted by molar-refractivity contribution is 5.72. The Balaban J connectivity index is 2.49. The number of benzene rings is 1. The van der Waals surface area contributed by atoms with E-state index in [9.17, 15) is 4.79 Å². The number of esters is 1. The van der Waals surface area contributed by atoms with E-state index in [0.29, 0.717) is 0 Å². The van der Waals surface area contributed by atoms with Crippen LogP contribution in [0.4, 0.5) is 0 Å². The summed E-state index contributed by atoms with van der Waals surface area (Å²) < 4.78 is 5.21. The van der Waals surface area contributed by atoms with Crippen molar-refractivity contribution in [2.45, 2.75) is 26.9 Å². The Bertz CT molecular complexity index is 352. The lowest BCUT2D eigenvalue weighted by molar-refractivity contribution is -0.149. The molecule has 0 saturated heterocycles. The van der Waals surface area contributed by atoms with E-state index in [0.717, 1.165) is 5.56 Å². The second-order valence-corrected chi connectivity index (χ2v) is 4.07. The van der Waals surface area contributed by atoms with Crippen LogP contribution in [0.3, 0.4) is 0 Å². The van der Waals surface area contributed by atoms with Crippen molar-refractivity contribution in [1.82, 2.24) is 0 Å². The number of carbonyl (C=O) groups excluding carboxylic acids is 1. The highest BCUT2D eigenvalue weighted by Crippen LogP contribution is 2.05. The van der Waals surface area contributed by atoms with Gasteiger partial charge in [0.25, 0.3) is 0 Å². The molecule has 0 heterocycles. The first-order valence-corrected chi connectivity index (χ1v) is 5.53. The summed E-state index contributed by atoms with van der Waals surface area (Å²) in [6.45, 7) is 5.52. The predicted octanol–water partition coefficient (Wildman–Crippen LogP) is 3.29. The van der Waals surface area contributed by atoms with E-state index in [2.05, 4.69) is 0 Å². The van der Waals surface area contributed by atoms with Crippen LogP contribution in [-0.2, 0) is 9.53 Å². The first-order valence-electron chi connectivity index (χ1n) is 5.53. The number of hydrogen-bond acceptors (Lipinski definition) is 2. The summed E-state index contributed by atoms with van der Waals surface area (Å²) >= 11 is 0. The molecule has 0 amide bonds. The molecule has 0 aliphatic carbocycles. The van der Waals surface area contributed by atoms with E-state index < -0.39 is 0 Å². The third-order valence-corrected chi connectivity index (χ3v) is 2.13. The fraction of sp³-hybridized carbons (Fsp3) is 0.357. The molecule has 0 aliphatic heterocycles. The second kappa shape index (κ2) is 6.11. The second-order valence-electron chi connectivity index (χ2n) is 4.07. The summed E-state index contributed by atoms with van der Waals surface area (Å²) in [4.78, 5) is 11.3. The lowest BCUT2D eigenvalue weighted by Gasteiger charge is -2.10. The largest absolute Gasteiger partial charge is 0.458 e. The summed E-state index contributed by atoms with van der Waals surface area (Å²) in [7, 11) is 0. The lowest BCUT2D eigenvalue weighted by atomic mass is 10.2. The molecule has 86 valence electrons. The predicted molar refractivity (Wildman–Crippen MR) is 65.9 cm³/mol. The van der Waals surface area contributed by atoms with Gasteiger partial charge >= 0.3 is 5.97 Å². The van der Waals surface area contributed by atoms with Gasteiger partial charge in [-0.1, -0.05) is 50.3 Å². The van der Waals surface area contributed by atoms with Crippen LogP contribution in [0, 0.1) is 5.92 Å². The lowest BCUT2D eigenvalue weighted by Crippen LogP contribution is -2.17.